The summed E-state index contributed by atoms with van der Waals surface area (Å²) in [5, 5.41) is 12.3. The average Bonchev–Trinajstić information content (AvgIpc) is 2.37. The van der Waals surface area contributed by atoms with E-state index in [1.54, 1.807) is 0 Å². The maximum atomic E-state index is 10.9. The Hall–Kier alpha value is -1.27. The van der Waals surface area contributed by atoms with E-state index in [1.165, 1.54) is 14.0 Å². The van der Waals surface area contributed by atoms with Crippen molar-refractivity contribution in [3.63, 3.8) is 0 Å². The van der Waals surface area contributed by atoms with Crippen LogP contribution in [0.1, 0.15) is 33.3 Å². The van der Waals surface area contributed by atoms with E-state index in [2.05, 4.69) is 42.0 Å². The number of aliphatic carboxylic acids is 1. The van der Waals surface area contributed by atoms with Crippen molar-refractivity contribution in [1.29, 1.82) is 0 Å². The number of rotatable bonds is 6. The molecule has 5 nitrogen and oxygen atoms in total. The molecular formula is C15H22BrNO4. The van der Waals surface area contributed by atoms with Crippen LogP contribution in [0.5, 0.6) is 11.5 Å². The fraction of sp³-hybridized carbons (Fsp3) is 0.533. The normalized spacial score (nSPS) is 12.9. The molecule has 1 unspecified atom stereocenters. The van der Waals surface area contributed by atoms with Crippen LogP contribution in [-0.4, -0.2) is 29.8 Å². The lowest BCUT2D eigenvalue weighted by Gasteiger charge is -2.22. The quantitative estimate of drug-likeness (QED) is 0.816. The monoisotopic (exact) mass is 359 g/mol. The van der Waals surface area contributed by atoms with Gasteiger partial charge in [-0.2, -0.15) is 0 Å². The van der Waals surface area contributed by atoms with E-state index in [-0.39, 0.29) is 5.54 Å². The van der Waals surface area contributed by atoms with E-state index in [0.29, 0.717) is 22.5 Å². The lowest BCUT2D eigenvalue weighted by Crippen LogP contribution is -2.35. The molecule has 0 heterocycles. The summed E-state index contributed by atoms with van der Waals surface area (Å²) in [5.41, 5.74) is 1.02. The number of benzene rings is 1. The first kappa shape index (κ1) is 17.8. The summed E-state index contributed by atoms with van der Waals surface area (Å²) < 4.78 is 11.4. The smallest absolute Gasteiger partial charge is 0.344 e. The summed E-state index contributed by atoms with van der Waals surface area (Å²) >= 11 is 3.41. The van der Waals surface area contributed by atoms with Gasteiger partial charge in [0, 0.05) is 12.1 Å². The Labute approximate surface area is 133 Å². The third-order valence-corrected chi connectivity index (χ3v) is 3.34. The number of carbonyl (C=O) groups is 1. The van der Waals surface area contributed by atoms with Crippen LogP contribution in [0.2, 0.25) is 0 Å². The number of carboxylic acids is 1. The number of hydrogen-bond donors (Lipinski definition) is 2. The van der Waals surface area contributed by atoms with Crippen LogP contribution in [0.4, 0.5) is 0 Å². The zero-order valence-electron chi connectivity index (χ0n) is 13.0. The van der Waals surface area contributed by atoms with Gasteiger partial charge in [0.05, 0.1) is 11.6 Å². The molecule has 0 aliphatic heterocycles. The highest BCUT2D eigenvalue weighted by Crippen LogP contribution is 2.37. The van der Waals surface area contributed by atoms with Crippen molar-refractivity contribution in [2.45, 2.75) is 45.9 Å². The Kier molecular flexibility index (Phi) is 6.04. The molecule has 21 heavy (non-hydrogen) atoms. The Morgan fingerprint density at radius 2 is 2.05 bits per heavy atom. The Morgan fingerprint density at radius 1 is 1.43 bits per heavy atom. The number of nitrogens with one attached hydrogen (secondary N) is 1. The van der Waals surface area contributed by atoms with Crippen molar-refractivity contribution < 1.29 is 19.4 Å². The average molecular weight is 360 g/mol. The van der Waals surface area contributed by atoms with Crippen LogP contribution in [-0.2, 0) is 11.3 Å². The molecule has 0 aliphatic carbocycles. The van der Waals surface area contributed by atoms with Crippen molar-refractivity contribution in [2.24, 2.45) is 0 Å². The summed E-state index contributed by atoms with van der Waals surface area (Å²) in [6.45, 7) is 8.42. The number of carboxylic acid groups (broad SMARTS) is 1. The van der Waals surface area contributed by atoms with Crippen molar-refractivity contribution >= 4 is 21.9 Å². The maximum Gasteiger partial charge on any atom is 0.344 e. The van der Waals surface area contributed by atoms with Crippen LogP contribution in [0, 0.1) is 0 Å². The van der Waals surface area contributed by atoms with Gasteiger partial charge in [0.15, 0.2) is 17.6 Å². The summed E-state index contributed by atoms with van der Waals surface area (Å²) in [4.78, 5) is 10.9. The van der Waals surface area contributed by atoms with Gasteiger partial charge in [0.25, 0.3) is 0 Å². The highest BCUT2D eigenvalue weighted by Gasteiger charge is 2.19. The van der Waals surface area contributed by atoms with E-state index in [1.807, 2.05) is 12.1 Å². The second-order valence-corrected chi connectivity index (χ2v) is 6.67. The molecule has 0 aliphatic rings. The van der Waals surface area contributed by atoms with E-state index in [0.717, 1.165) is 5.56 Å². The van der Waals surface area contributed by atoms with E-state index in [9.17, 15) is 4.79 Å². The summed E-state index contributed by atoms with van der Waals surface area (Å²) in [5.74, 6) is -0.127. The van der Waals surface area contributed by atoms with E-state index in [4.69, 9.17) is 14.6 Å². The third-order valence-electron chi connectivity index (χ3n) is 2.75. The molecule has 1 aromatic rings. The lowest BCUT2D eigenvalue weighted by atomic mass is 10.1. The molecule has 1 rings (SSSR count). The Balaban J connectivity index is 2.99. The van der Waals surface area contributed by atoms with Crippen molar-refractivity contribution in [3.05, 3.63) is 22.2 Å². The van der Waals surface area contributed by atoms with Crippen LogP contribution in [0.25, 0.3) is 0 Å². The van der Waals surface area contributed by atoms with Crippen LogP contribution in [0.15, 0.2) is 16.6 Å². The molecule has 1 atom stereocenters. The molecule has 0 fully saturated rings. The van der Waals surface area contributed by atoms with E-state index >= 15 is 0 Å². The van der Waals surface area contributed by atoms with Crippen LogP contribution >= 0.6 is 15.9 Å². The van der Waals surface area contributed by atoms with Crippen molar-refractivity contribution in [2.75, 3.05) is 7.11 Å². The first-order valence-electron chi connectivity index (χ1n) is 6.65. The van der Waals surface area contributed by atoms with Gasteiger partial charge < -0.3 is 19.9 Å². The number of methoxy groups -OCH3 is 1. The number of ether oxygens (including phenoxy) is 2. The highest BCUT2D eigenvalue weighted by molar-refractivity contribution is 9.10. The van der Waals surface area contributed by atoms with Gasteiger partial charge >= 0.3 is 5.97 Å². The number of hydrogen-bond acceptors (Lipinski definition) is 4. The molecule has 0 saturated heterocycles. The first-order chi connectivity index (χ1) is 9.64. The molecule has 118 valence electrons. The van der Waals surface area contributed by atoms with Gasteiger partial charge in [-0.05, 0) is 61.3 Å². The second-order valence-electron chi connectivity index (χ2n) is 5.81. The molecule has 6 heteroatoms. The molecule has 0 amide bonds. The highest BCUT2D eigenvalue weighted by atomic mass is 79.9. The third kappa shape index (κ3) is 5.55. The predicted octanol–water partition coefficient (Wildman–Crippen LogP) is 3.20. The van der Waals surface area contributed by atoms with Gasteiger partial charge in [0.2, 0.25) is 0 Å². The molecular weight excluding hydrogens is 338 g/mol. The minimum Gasteiger partial charge on any atom is -0.493 e. The standard InChI is InChI=1S/C15H22BrNO4/c1-9(14(18)19)21-13-11(16)6-10(7-12(13)20-5)8-17-15(2,3)4/h6-7,9,17H,8H2,1-5H3,(H,18,19). The van der Waals surface area contributed by atoms with Gasteiger partial charge in [-0.25, -0.2) is 4.79 Å². The fourth-order valence-electron chi connectivity index (χ4n) is 1.58. The Morgan fingerprint density at radius 3 is 2.52 bits per heavy atom. The Bertz CT molecular complexity index is 511. The van der Waals surface area contributed by atoms with Gasteiger partial charge in [-0.15, -0.1) is 0 Å². The molecule has 0 bridgehead atoms. The summed E-state index contributed by atoms with van der Waals surface area (Å²) in [7, 11) is 1.53. The maximum absolute atomic E-state index is 10.9. The fourth-order valence-corrected chi connectivity index (χ4v) is 2.17. The minimum absolute atomic E-state index is 0.00665. The number of halogens is 1. The van der Waals surface area contributed by atoms with Gasteiger partial charge in [-0.3, -0.25) is 0 Å². The first-order valence-corrected chi connectivity index (χ1v) is 7.44. The van der Waals surface area contributed by atoms with Crippen molar-refractivity contribution in [1.82, 2.24) is 5.32 Å². The second kappa shape index (κ2) is 7.13. The van der Waals surface area contributed by atoms with Crippen molar-refractivity contribution in [3.8, 4) is 11.5 Å². The minimum atomic E-state index is -1.03. The van der Waals surface area contributed by atoms with E-state index < -0.39 is 12.1 Å². The molecule has 0 spiro atoms. The van der Waals surface area contributed by atoms with Crippen LogP contribution in [0.3, 0.4) is 0 Å². The lowest BCUT2D eigenvalue weighted by molar-refractivity contribution is -0.144. The molecule has 2 N–H and O–H groups in total. The predicted molar refractivity (Wildman–Crippen MR) is 85.0 cm³/mol. The van der Waals surface area contributed by atoms with Gasteiger partial charge in [-0.1, -0.05) is 0 Å². The molecule has 0 saturated carbocycles. The summed E-state index contributed by atoms with van der Waals surface area (Å²) in [6, 6.07) is 3.73. The zero-order chi connectivity index (χ0) is 16.2. The SMILES string of the molecule is COc1cc(CNC(C)(C)C)cc(Br)c1OC(C)C(=O)O. The largest absolute Gasteiger partial charge is 0.493 e. The summed E-state index contributed by atoms with van der Waals surface area (Å²) in [6.07, 6.45) is -0.950. The molecule has 0 radical (unpaired) electrons. The zero-order valence-corrected chi connectivity index (χ0v) is 14.6. The van der Waals surface area contributed by atoms with Gasteiger partial charge in [0.1, 0.15) is 0 Å². The topological polar surface area (TPSA) is 67.8 Å². The molecule has 0 aromatic heterocycles. The van der Waals surface area contributed by atoms with Crippen LogP contribution < -0.4 is 14.8 Å². The molecule has 1 aromatic carbocycles.